The molecule has 3 nitrogen and oxygen atoms in total. The Morgan fingerprint density at radius 2 is 1.82 bits per heavy atom. The van der Waals surface area contributed by atoms with Crippen LogP contribution < -0.4 is 0 Å². The Hall–Kier alpha value is -1.78. The number of ether oxygens (including phenoxy) is 2. The number of halogens is 1. The minimum Gasteiger partial charge on any atom is -0.375 e. The van der Waals surface area contributed by atoms with Gasteiger partial charge in [-0.3, -0.25) is 4.98 Å². The van der Waals surface area contributed by atoms with E-state index in [-0.39, 0.29) is 23.7 Å². The molecule has 1 aliphatic heterocycles. The summed E-state index contributed by atoms with van der Waals surface area (Å²) in [5, 5.41) is 0. The summed E-state index contributed by atoms with van der Waals surface area (Å²) in [5.41, 5.74) is 4.17. The molecule has 178 valence electrons. The Morgan fingerprint density at radius 3 is 2.61 bits per heavy atom. The largest absolute Gasteiger partial charge is 0.375 e. The van der Waals surface area contributed by atoms with Gasteiger partial charge in [0.1, 0.15) is 6.67 Å². The summed E-state index contributed by atoms with van der Waals surface area (Å²) in [5.74, 6) is 0.562. The van der Waals surface area contributed by atoms with E-state index in [0.29, 0.717) is 5.92 Å². The first-order valence-corrected chi connectivity index (χ1v) is 13.1. The van der Waals surface area contributed by atoms with Crippen molar-refractivity contribution in [3.63, 3.8) is 0 Å². The molecule has 1 aromatic carbocycles. The molecule has 3 atom stereocenters. The zero-order valence-electron chi connectivity index (χ0n) is 19.8. The predicted octanol–water partition coefficient (Wildman–Crippen LogP) is 7.22. The van der Waals surface area contributed by atoms with Crippen molar-refractivity contribution in [1.82, 2.24) is 4.98 Å². The highest BCUT2D eigenvalue weighted by atomic mass is 19.1. The van der Waals surface area contributed by atoms with Crippen LogP contribution in [0.5, 0.6) is 0 Å². The van der Waals surface area contributed by atoms with Gasteiger partial charge in [0.2, 0.25) is 0 Å². The van der Waals surface area contributed by atoms with Crippen molar-refractivity contribution < 1.29 is 13.9 Å². The van der Waals surface area contributed by atoms with Gasteiger partial charge in [0.05, 0.1) is 18.3 Å². The van der Waals surface area contributed by atoms with Crippen molar-refractivity contribution in [3.05, 3.63) is 65.5 Å². The van der Waals surface area contributed by atoms with Crippen molar-refractivity contribution >= 4 is 0 Å². The molecule has 33 heavy (non-hydrogen) atoms. The second-order valence-electron chi connectivity index (χ2n) is 10.5. The zero-order valence-corrected chi connectivity index (χ0v) is 19.8. The summed E-state index contributed by atoms with van der Waals surface area (Å²) in [6.07, 6.45) is 14.9. The predicted molar refractivity (Wildman–Crippen MR) is 129 cm³/mol. The van der Waals surface area contributed by atoms with Gasteiger partial charge in [-0.2, -0.15) is 0 Å². The second-order valence-corrected chi connectivity index (χ2v) is 10.5. The maximum Gasteiger partial charge on any atom is 0.113 e. The summed E-state index contributed by atoms with van der Waals surface area (Å²) in [6.45, 7) is 0.638. The molecule has 1 aromatic heterocycles. The number of hydrogen-bond acceptors (Lipinski definition) is 3. The lowest BCUT2D eigenvalue weighted by Crippen LogP contribution is -2.46. The maximum atomic E-state index is 12.7. The maximum absolute atomic E-state index is 12.7. The van der Waals surface area contributed by atoms with Crippen LogP contribution in [0.2, 0.25) is 0 Å². The first-order chi connectivity index (χ1) is 16.2. The van der Waals surface area contributed by atoms with Crippen LogP contribution in [-0.4, -0.2) is 30.5 Å². The van der Waals surface area contributed by atoms with Crippen LogP contribution in [-0.2, 0) is 14.9 Å². The van der Waals surface area contributed by atoms with Crippen LogP contribution in [0.15, 0.2) is 48.7 Å². The summed E-state index contributed by atoms with van der Waals surface area (Å²) < 4.78 is 24.9. The Bertz CT molecular complexity index is 898. The topological polar surface area (TPSA) is 31.4 Å². The van der Waals surface area contributed by atoms with Gasteiger partial charge in [0, 0.05) is 23.9 Å². The lowest BCUT2D eigenvalue weighted by molar-refractivity contribution is -0.105. The van der Waals surface area contributed by atoms with Crippen LogP contribution in [0.4, 0.5) is 4.39 Å². The van der Waals surface area contributed by atoms with Crippen LogP contribution in [0.3, 0.4) is 0 Å². The highest BCUT2D eigenvalue weighted by Gasteiger charge is 2.48. The molecule has 5 rings (SSSR count). The summed E-state index contributed by atoms with van der Waals surface area (Å²) in [4.78, 5) is 4.87. The van der Waals surface area contributed by atoms with Gasteiger partial charge in [-0.25, -0.2) is 4.39 Å². The third-order valence-electron chi connectivity index (χ3n) is 8.54. The highest BCUT2D eigenvalue weighted by molar-refractivity contribution is 5.34. The van der Waals surface area contributed by atoms with Crippen molar-refractivity contribution in [2.75, 3.05) is 19.9 Å². The molecule has 0 unspecified atom stereocenters. The Labute approximate surface area is 198 Å². The van der Waals surface area contributed by atoms with E-state index in [1.165, 1.54) is 61.8 Å². The van der Waals surface area contributed by atoms with Crippen LogP contribution in [0.1, 0.15) is 99.5 Å². The lowest BCUT2D eigenvalue weighted by atomic mass is 9.66. The highest BCUT2D eigenvalue weighted by Crippen LogP contribution is 2.51. The number of aromatic nitrogens is 1. The number of alkyl halides is 1. The van der Waals surface area contributed by atoms with E-state index in [2.05, 4.69) is 36.4 Å². The third kappa shape index (κ3) is 4.88. The second kappa shape index (κ2) is 10.2. The van der Waals surface area contributed by atoms with Crippen molar-refractivity contribution in [3.8, 4) is 0 Å². The van der Waals surface area contributed by atoms with E-state index < -0.39 is 6.67 Å². The van der Waals surface area contributed by atoms with E-state index >= 15 is 0 Å². The fourth-order valence-corrected chi connectivity index (χ4v) is 6.98. The third-order valence-corrected chi connectivity index (χ3v) is 8.54. The molecular formula is C29H38FNO2. The number of pyridine rings is 1. The van der Waals surface area contributed by atoms with E-state index in [9.17, 15) is 4.39 Å². The average molecular weight is 452 g/mol. The molecule has 2 fully saturated rings. The van der Waals surface area contributed by atoms with Crippen molar-refractivity contribution in [1.29, 1.82) is 0 Å². The Balaban J connectivity index is 1.30. The molecule has 2 heterocycles. The number of benzene rings is 1. The molecular weight excluding hydrogens is 413 g/mol. The smallest absolute Gasteiger partial charge is 0.113 e. The SMILES string of the molecule is FCCO[C@H]1CC[C@H](CCC[C@@]2(c3ccccn3)CCOC3(CCCC3)C2)c2ccccc21. The molecule has 0 N–H and O–H groups in total. The molecule has 1 spiro atoms. The van der Waals surface area contributed by atoms with Gasteiger partial charge < -0.3 is 9.47 Å². The van der Waals surface area contributed by atoms with Crippen LogP contribution in [0.25, 0.3) is 0 Å². The molecule has 1 saturated carbocycles. The summed E-state index contributed by atoms with van der Waals surface area (Å²) in [6, 6.07) is 15.1. The summed E-state index contributed by atoms with van der Waals surface area (Å²) >= 11 is 0. The minimum absolute atomic E-state index is 0.0470. The van der Waals surface area contributed by atoms with Gasteiger partial charge >= 0.3 is 0 Å². The number of rotatable bonds is 8. The van der Waals surface area contributed by atoms with Gasteiger partial charge in [0.25, 0.3) is 0 Å². The number of hydrogen-bond donors (Lipinski definition) is 0. The van der Waals surface area contributed by atoms with Gasteiger partial charge in [-0.15, -0.1) is 0 Å². The minimum atomic E-state index is -0.414. The van der Waals surface area contributed by atoms with Gasteiger partial charge in [0.15, 0.2) is 0 Å². The Morgan fingerprint density at radius 1 is 1.00 bits per heavy atom. The fourth-order valence-electron chi connectivity index (χ4n) is 6.98. The molecule has 0 amide bonds. The molecule has 1 saturated heterocycles. The fraction of sp³-hybridized carbons (Fsp3) is 0.621. The van der Waals surface area contributed by atoms with Gasteiger partial charge in [-0.05, 0) is 80.5 Å². The van der Waals surface area contributed by atoms with Crippen molar-refractivity contribution in [2.24, 2.45) is 0 Å². The van der Waals surface area contributed by atoms with Crippen LogP contribution >= 0.6 is 0 Å². The molecule has 2 aromatic rings. The summed E-state index contributed by atoms with van der Waals surface area (Å²) in [7, 11) is 0. The van der Waals surface area contributed by atoms with Gasteiger partial charge in [-0.1, -0.05) is 49.6 Å². The average Bonchev–Trinajstić information content (AvgIpc) is 3.31. The number of nitrogens with zero attached hydrogens (tertiary/aromatic N) is 1. The lowest BCUT2D eigenvalue weighted by Gasteiger charge is -2.46. The Kier molecular flexibility index (Phi) is 7.13. The molecule has 4 heteroatoms. The quantitative estimate of drug-likeness (QED) is 0.425. The molecule has 0 bridgehead atoms. The van der Waals surface area contributed by atoms with E-state index in [4.69, 9.17) is 14.5 Å². The van der Waals surface area contributed by atoms with Crippen LogP contribution in [0, 0.1) is 0 Å². The normalized spacial score (nSPS) is 28.6. The molecule has 0 radical (unpaired) electrons. The molecule has 2 aliphatic carbocycles. The first kappa shape index (κ1) is 23.0. The first-order valence-electron chi connectivity index (χ1n) is 13.1. The van der Waals surface area contributed by atoms with Crippen molar-refractivity contribution in [2.45, 2.75) is 93.7 Å². The monoisotopic (exact) mass is 451 g/mol. The standard InChI is InChI=1S/C29H38FNO2/c30-18-21-32-26-13-12-23(24-9-1-2-10-25(24)26)8-7-14-28(27-11-3-6-19-31-27)17-20-33-29(22-28)15-4-5-16-29/h1-3,6,9-11,19,23,26H,4-5,7-8,12-18,20-22H2/t23-,26-,28+/m0/s1. The van der Waals surface area contributed by atoms with E-state index in [0.717, 1.165) is 32.3 Å². The molecule has 3 aliphatic rings. The zero-order chi connectivity index (χ0) is 22.6. The van der Waals surface area contributed by atoms with E-state index in [1.54, 1.807) is 0 Å². The number of fused-ring (bicyclic) bond motifs is 1. The van der Waals surface area contributed by atoms with E-state index in [1.807, 2.05) is 12.3 Å².